The Morgan fingerprint density at radius 1 is 1.31 bits per heavy atom. The van der Waals surface area contributed by atoms with Gasteiger partial charge in [0, 0.05) is 25.7 Å². The molecule has 16 heavy (non-hydrogen) atoms. The first-order valence-electron chi connectivity index (χ1n) is 6.39. The Balaban J connectivity index is 1.68. The highest BCUT2D eigenvalue weighted by Gasteiger charge is 2.23. The third-order valence-corrected chi connectivity index (χ3v) is 3.68. The minimum absolute atomic E-state index is 0.352. The second-order valence-electron chi connectivity index (χ2n) is 5.12. The highest BCUT2D eigenvalue weighted by molar-refractivity contribution is 4.79. The maximum absolute atomic E-state index is 5.71. The van der Waals surface area contributed by atoms with E-state index in [4.69, 9.17) is 4.74 Å². The second-order valence-corrected chi connectivity index (χ2v) is 5.12. The van der Waals surface area contributed by atoms with Gasteiger partial charge in [-0.05, 0) is 40.0 Å². The Labute approximate surface area is 98.9 Å². The summed E-state index contributed by atoms with van der Waals surface area (Å²) < 4.78 is 5.71. The van der Waals surface area contributed by atoms with Gasteiger partial charge in [-0.1, -0.05) is 0 Å². The first-order valence-corrected chi connectivity index (χ1v) is 6.39. The molecule has 0 aromatic carbocycles. The summed E-state index contributed by atoms with van der Waals surface area (Å²) in [5.41, 5.74) is 0. The van der Waals surface area contributed by atoms with Crippen LogP contribution in [0.2, 0.25) is 0 Å². The SMILES string of the molecule is CN(C)C1CCN(CC2C[N]CCO2)CC1. The third kappa shape index (κ3) is 3.42. The van der Waals surface area contributed by atoms with E-state index < -0.39 is 0 Å². The van der Waals surface area contributed by atoms with Crippen LogP contribution in [-0.2, 0) is 4.74 Å². The lowest BCUT2D eigenvalue weighted by Crippen LogP contribution is -2.47. The van der Waals surface area contributed by atoms with Crippen LogP contribution in [0.3, 0.4) is 0 Å². The lowest BCUT2D eigenvalue weighted by molar-refractivity contribution is -0.00322. The predicted molar refractivity (Wildman–Crippen MR) is 64.8 cm³/mol. The van der Waals surface area contributed by atoms with E-state index in [9.17, 15) is 0 Å². The molecule has 1 radical (unpaired) electrons. The molecule has 2 fully saturated rings. The Morgan fingerprint density at radius 2 is 2.06 bits per heavy atom. The molecule has 2 rings (SSSR count). The van der Waals surface area contributed by atoms with Crippen LogP contribution >= 0.6 is 0 Å². The Hall–Kier alpha value is -0.160. The monoisotopic (exact) mass is 226 g/mol. The molecule has 0 N–H and O–H groups in total. The van der Waals surface area contributed by atoms with Crippen LogP contribution < -0.4 is 5.32 Å². The van der Waals surface area contributed by atoms with Gasteiger partial charge in [0.05, 0.1) is 12.7 Å². The van der Waals surface area contributed by atoms with Crippen molar-refractivity contribution in [1.29, 1.82) is 0 Å². The molecule has 2 aliphatic heterocycles. The van der Waals surface area contributed by atoms with Gasteiger partial charge in [-0.3, -0.25) is 0 Å². The van der Waals surface area contributed by atoms with Gasteiger partial charge in [0.15, 0.2) is 0 Å². The smallest absolute Gasteiger partial charge is 0.0843 e. The molecular formula is C12H24N3O. The van der Waals surface area contributed by atoms with Crippen molar-refractivity contribution in [3.63, 3.8) is 0 Å². The molecular weight excluding hydrogens is 202 g/mol. The number of rotatable bonds is 3. The highest BCUT2D eigenvalue weighted by atomic mass is 16.5. The molecule has 4 nitrogen and oxygen atoms in total. The van der Waals surface area contributed by atoms with Crippen LogP contribution in [0.15, 0.2) is 0 Å². The first kappa shape index (κ1) is 12.3. The Bertz CT molecular complexity index is 196. The number of ether oxygens (including phenoxy) is 1. The van der Waals surface area contributed by atoms with Crippen molar-refractivity contribution >= 4 is 0 Å². The highest BCUT2D eigenvalue weighted by Crippen LogP contribution is 2.15. The summed E-state index contributed by atoms with van der Waals surface area (Å²) >= 11 is 0. The molecule has 0 aromatic heterocycles. The lowest BCUT2D eigenvalue weighted by Gasteiger charge is -2.37. The summed E-state index contributed by atoms with van der Waals surface area (Å²) in [5, 5.41) is 4.41. The molecule has 2 heterocycles. The number of hydrogen-bond acceptors (Lipinski definition) is 3. The van der Waals surface area contributed by atoms with Gasteiger partial charge in [0.1, 0.15) is 0 Å². The van der Waals surface area contributed by atoms with E-state index in [1.807, 2.05) is 0 Å². The molecule has 0 aromatic rings. The Kier molecular flexibility index (Phi) is 4.58. The fourth-order valence-corrected chi connectivity index (χ4v) is 2.59. The summed E-state index contributed by atoms with van der Waals surface area (Å²) in [6, 6.07) is 0.771. The number of morpholine rings is 1. The molecule has 0 spiro atoms. The van der Waals surface area contributed by atoms with Crippen molar-refractivity contribution < 1.29 is 4.74 Å². The molecule has 1 atom stereocenters. The number of hydrogen-bond donors (Lipinski definition) is 0. The number of piperidine rings is 1. The van der Waals surface area contributed by atoms with Gasteiger partial charge in [-0.25, -0.2) is 5.32 Å². The van der Waals surface area contributed by atoms with Crippen molar-refractivity contribution in [2.24, 2.45) is 0 Å². The zero-order valence-corrected chi connectivity index (χ0v) is 10.6. The normalized spacial score (nSPS) is 29.8. The fourth-order valence-electron chi connectivity index (χ4n) is 2.59. The summed E-state index contributed by atoms with van der Waals surface area (Å²) in [4.78, 5) is 4.88. The van der Waals surface area contributed by atoms with Crippen LogP contribution in [-0.4, -0.2) is 75.4 Å². The fraction of sp³-hybridized carbons (Fsp3) is 1.00. The van der Waals surface area contributed by atoms with Crippen LogP contribution in [0.4, 0.5) is 0 Å². The zero-order chi connectivity index (χ0) is 11.4. The van der Waals surface area contributed by atoms with E-state index in [0.29, 0.717) is 6.10 Å². The third-order valence-electron chi connectivity index (χ3n) is 3.68. The predicted octanol–water partition coefficient (Wildman–Crippen LogP) is 0.0156. The van der Waals surface area contributed by atoms with Gasteiger partial charge in [0.25, 0.3) is 0 Å². The molecule has 93 valence electrons. The minimum atomic E-state index is 0.352. The van der Waals surface area contributed by atoms with Crippen LogP contribution in [0.1, 0.15) is 12.8 Å². The van der Waals surface area contributed by atoms with Crippen molar-refractivity contribution in [2.75, 3.05) is 53.4 Å². The average molecular weight is 226 g/mol. The van der Waals surface area contributed by atoms with Crippen molar-refractivity contribution in [3.05, 3.63) is 0 Å². The summed E-state index contributed by atoms with van der Waals surface area (Å²) in [7, 11) is 4.37. The first-order chi connectivity index (χ1) is 7.75. The number of likely N-dealkylation sites (tertiary alicyclic amines) is 1. The molecule has 0 amide bonds. The van der Waals surface area contributed by atoms with E-state index in [0.717, 1.165) is 32.3 Å². The molecule has 2 saturated heterocycles. The van der Waals surface area contributed by atoms with E-state index in [1.54, 1.807) is 0 Å². The molecule has 1 unspecified atom stereocenters. The van der Waals surface area contributed by atoms with E-state index in [1.165, 1.54) is 25.9 Å². The van der Waals surface area contributed by atoms with E-state index in [-0.39, 0.29) is 0 Å². The summed E-state index contributed by atoms with van der Waals surface area (Å²) in [6.45, 7) is 6.10. The maximum atomic E-state index is 5.71. The molecule has 0 saturated carbocycles. The average Bonchev–Trinajstić information content (AvgIpc) is 2.31. The van der Waals surface area contributed by atoms with E-state index >= 15 is 0 Å². The van der Waals surface area contributed by atoms with Crippen LogP contribution in [0.5, 0.6) is 0 Å². The maximum Gasteiger partial charge on any atom is 0.0843 e. The topological polar surface area (TPSA) is 29.8 Å². The van der Waals surface area contributed by atoms with Crippen molar-refractivity contribution in [1.82, 2.24) is 15.1 Å². The molecule has 4 heteroatoms. The summed E-state index contributed by atoms with van der Waals surface area (Å²) in [5.74, 6) is 0. The van der Waals surface area contributed by atoms with Gasteiger partial charge < -0.3 is 14.5 Å². The van der Waals surface area contributed by atoms with Crippen LogP contribution in [0.25, 0.3) is 0 Å². The molecule has 2 aliphatic rings. The minimum Gasteiger partial charge on any atom is -0.374 e. The van der Waals surface area contributed by atoms with Gasteiger partial charge in [-0.15, -0.1) is 0 Å². The van der Waals surface area contributed by atoms with E-state index in [2.05, 4.69) is 29.2 Å². The van der Waals surface area contributed by atoms with Gasteiger partial charge in [-0.2, -0.15) is 0 Å². The lowest BCUT2D eigenvalue weighted by atomic mass is 10.0. The number of nitrogens with zero attached hydrogens (tertiary/aromatic N) is 3. The summed E-state index contributed by atoms with van der Waals surface area (Å²) in [6.07, 6.45) is 2.93. The molecule has 0 bridgehead atoms. The van der Waals surface area contributed by atoms with Crippen molar-refractivity contribution in [2.45, 2.75) is 25.0 Å². The van der Waals surface area contributed by atoms with Gasteiger partial charge in [0.2, 0.25) is 0 Å². The van der Waals surface area contributed by atoms with Crippen LogP contribution in [0, 0.1) is 0 Å². The quantitative estimate of drug-likeness (QED) is 0.679. The Morgan fingerprint density at radius 3 is 2.62 bits per heavy atom. The van der Waals surface area contributed by atoms with Crippen molar-refractivity contribution in [3.8, 4) is 0 Å². The zero-order valence-electron chi connectivity index (χ0n) is 10.6. The molecule has 0 aliphatic carbocycles. The standard InChI is InChI=1S/C12H24N3O/c1-14(2)11-3-6-15(7-4-11)10-12-9-13-5-8-16-12/h11-12H,3-10H2,1-2H3. The van der Waals surface area contributed by atoms with Gasteiger partial charge >= 0.3 is 0 Å². The second kappa shape index (κ2) is 5.96. The largest absolute Gasteiger partial charge is 0.374 e.